The summed E-state index contributed by atoms with van der Waals surface area (Å²) in [4.78, 5) is 45.4. The molecule has 3 rings (SSSR count). The molecule has 0 radical (unpaired) electrons. The second-order valence-corrected chi connectivity index (χ2v) is 6.32. The fourth-order valence-electron chi connectivity index (χ4n) is 2.71. The van der Waals surface area contributed by atoms with Gasteiger partial charge < -0.3 is 5.32 Å². The lowest BCUT2D eigenvalue weighted by Gasteiger charge is -2.10. The lowest BCUT2D eigenvalue weighted by molar-refractivity contribution is -0.394. The van der Waals surface area contributed by atoms with Crippen LogP contribution in [0.15, 0.2) is 77.9 Å². The number of carbonyl (C=O) groups excluding carboxylic acids is 2. The molecule has 0 atom stereocenters. The van der Waals surface area contributed by atoms with Gasteiger partial charge in [0.15, 0.2) is 0 Å². The Hall–Kier alpha value is -4.93. The van der Waals surface area contributed by atoms with E-state index in [0.29, 0.717) is 5.56 Å². The largest absolute Gasteiger partial charge is 0.321 e. The molecule has 0 spiro atoms. The van der Waals surface area contributed by atoms with Crippen molar-refractivity contribution in [2.45, 2.75) is 0 Å². The highest BCUT2D eigenvalue weighted by Gasteiger charge is 2.18. The molecule has 2 N–H and O–H groups in total. The molecule has 160 valence electrons. The van der Waals surface area contributed by atoms with Crippen molar-refractivity contribution in [1.29, 1.82) is 0 Å². The molecule has 3 aromatic carbocycles. The van der Waals surface area contributed by atoms with Crippen LogP contribution in [0.2, 0.25) is 0 Å². The van der Waals surface area contributed by atoms with Gasteiger partial charge in [0.2, 0.25) is 0 Å². The maximum Gasteiger partial charge on any atom is 0.285 e. The number of carbonyl (C=O) groups is 2. The van der Waals surface area contributed by atoms with Gasteiger partial charge in [-0.25, -0.2) is 5.43 Å². The van der Waals surface area contributed by atoms with Crippen molar-refractivity contribution in [2.75, 3.05) is 5.32 Å². The topological polar surface area (TPSA) is 157 Å². The standard InChI is InChI=1S/C21H15N5O6/c27-20(14-6-2-1-3-7-14)23-18-9-5-4-8-17(18)21(28)24-22-13-15-10-11-16(25(29)30)12-19(15)26(31)32/h1-13H,(H,23,27)(H,24,28)/b22-13-. The minimum absolute atomic E-state index is 0.0356. The van der Waals surface area contributed by atoms with E-state index in [4.69, 9.17) is 0 Å². The van der Waals surface area contributed by atoms with Crippen molar-refractivity contribution in [3.63, 3.8) is 0 Å². The van der Waals surface area contributed by atoms with E-state index in [1.165, 1.54) is 6.07 Å². The van der Waals surface area contributed by atoms with E-state index in [-0.39, 0.29) is 16.8 Å². The maximum absolute atomic E-state index is 12.5. The number of nitrogens with zero attached hydrogens (tertiary/aromatic N) is 3. The van der Waals surface area contributed by atoms with Crippen molar-refractivity contribution in [3.8, 4) is 0 Å². The van der Waals surface area contributed by atoms with Crippen LogP contribution >= 0.6 is 0 Å². The minimum atomic E-state index is -0.787. The lowest BCUT2D eigenvalue weighted by atomic mass is 10.1. The highest BCUT2D eigenvalue weighted by Crippen LogP contribution is 2.23. The van der Waals surface area contributed by atoms with Gasteiger partial charge in [0, 0.05) is 11.6 Å². The summed E-state index contributed by atoms with van der Waals surface area (Å²) in [7, 11) is 0. The van der Waals surface area contributed by atoms with Crippen LogP contribution in [0.1, 0.15) is 26.3 Å². The van der Waals surface area contributed by atoms with Crippen molar-refractivity contribution < 1.29 is 19.4 Å². The van der Waals surface area contributed by atoms with Crippen molar-refractivity contribution in [3.05, 3.63) is 110 Å². The van der Waals surface area contributed by atoms with E-state index in [2.05, 4.69) is 15.8 Å². The van der Waals surface area contributed by atoms with Gasteiger partial charge in [0.25, 0.3) is 23.2 Å². The molecular formula is C21H15N5O6. The van der Waals surface area contributed by atoms with Gasteiger partial charge in [0.1, 0.15) is 0 Å². The Bertz CT molecular complexity index is 1230. The average Bonchev–Trinajstić information content (AvgIpc) is 2.79. The van der Waals surface area contributed by atoms with Gasteiger partial charge in [0.05, 0.1) is 38.9 Å². The van der Waals surface area contributed by atoms with E-state index >= 15 is 0 Å². The number of nitrogens with one attached hydrogen (secondary N) is 2. The number of rotatable bonds is 7. The molecule has 32 heavy (non-hydrogen) atoms. The SMILES string of the molecule is O=C(Nc1ccccc1C(=O)N/N=C\c1ccc([N+](=O)[O-])cc1[N+](=O)[O-])c1ccccc1. The third kappa shape index (κ3) is 5.16. The maximum atomic E-state index is 12.5. The van der Waals surface area contributed by atoms with Gasteiger partial charge in [-0.3, -0.25) is 29.8 Å². The Labute approximate surface area is 180 Å². The fourth-order valence-corrected chi connectivity index (χ4v) is 2.71. The smallest absolute Gasteiger partial charge is 0.285 e. The summed E-state index contributed by atoms with van der Waals surface area (Å²) in [6.07, 6.45) is 1.00. The van der Waals surface area contributed by atoms with Crippen LogP contribution in [0.5, 0.6) is 0 Å². The van der Waals surface area contributed by atoms with Gasteiger partial charge in [-0.1, -0.05) is 30.3 Å². The highest BCUT2D eigenvalue weighted by molar-refractivity contribution is 6.09. The number of hydrazone groups is 1. The Morgan fingerprint density at radius 2 is 1.53 bits per heavy atom. The van der Waals surface area contributed by atoms with E-state index < -0.39 is 33.0 Å². The Kier molecular flexibility index (Phi) is 6.61. The lowest BCUT2D eigenvalue weighted by Crippen LogP contribution is -2.21. The summed E-state index contributed by atoms with van der Waals surface area (Å²) in [6, 6.07) is 17.7. The van der Waals surface area contributed by atoms with Gasteiger partial charge in [-0.05, 0) is 30.3 Å². The van der Waals surface area contributed by atoms with Gasteiger partial charge >= 0.3 is 0 Å². The first-order valence-corrected chi connectivity index (χ1v) is 9.08. The molecule has 2 amide bonds. The van der Waals surface area contributed by atoms with Crippen LogP contribution in [-0.4, -0.2) is 27.9 Å². The third-order valence-corrected chi connectivity index (χ3v) is 4.25. The summed E-state index contributed by atoms with van der Waals surface area (Å²) in [5.74, 6) is -1.08. The quantitative estimate of drug-likeness (QED) is 0.330. The number of hydrogen-bond acceptors (Lipinski definition) is 7. The Morgan fingerprint density at radius 1 is 0.844 bits per heavy atom. The number of amides is 2. The Morgan fingerprint density at radius 3 is 2.22 bits per heavy atom. The van der Waals surface area contributed by atoms with Crippen molar-refractivity contribution >= 4 is 35.1 Å². The summed E-state index contributed by atoms with van der Waals surface area (Å²) >= 11 is 0. The number of nitro benzene ring substituents is 2. The first kappa shape index (κ1) is 21.8. The molecule has 0 aliphatic heterocycles. The van der Waals surface area contributed by atoms with E-state index in [0.717, 1.165) is 24.4 Å². The molecular weight excluding hydrogens is 418 g/mol. The van der Waals surface area contributed by atoms with Crippen LogP contribution in [0.3, 0.4) is 0 Å². The van der Waals surface area contributed by atoms with E-state index in [9.17, 15) is 29.8 Å². The van der Waals surface area contributed by atoms with Crippen molar-refractivity contribution in [2.24, 2.45) is 5.10 Å². The molecule has 11 nitrogen and oxygen atoms in total. The Balaban J connectivity index is 1.76. The van der Waals surface area contributed by atoms with Gasteiger partial charge in [-0.2, -0.15) is 5.10 Å². The summed E-state index contributed by atoms with van der Waals surface area (Å²) in [5, 5.41) is 28.3. The zero-order valence-corrected chi connectivity index (χ0v) is 16.3. The molecule has 0 aromatic heterocycles. The molecule has 0 aliphatic carbocycles. The van der Waals surface area contributed by atoms with Crippen LogP contribution in [0.25, 0.3) is 0 Å². The molecule has 11 heteroatoms. The van der Waals surface area contributed by atoms with Crippen molar-refractivity contribution in [1.82, 2.24) is 5.43 Å². The minimum Gasteiger partial charge on any atom is -0.321 e. The molecule has 3 aromatic rings. The zero-order chi connectivity index (χ0) is 23.1. The molecule has 0 saturated carbocycles. The highest BCUT2D eigenvalue weighted by atomic mass is 16.6. The number of anilines is 1. The van der Waals surface area contributed by atoms with Gasteiger partial charge in [-0.15, -0.1) is 0 Å². The molecule has 0 fully saturated rings. The molecule has 0 saturated heterocycles. The van der Waals surface area contributed by atoms with E-state index in [1.807, 2.05) is 0 Å². The fraction of sp³-hybridized carbons (Fsp3) is 0. The second-order valence-electron chi connectivity index (χ2n) is 6.32. The average molecular weight is 433 g/mol. The number of para-hydroxylation sites is 1. The van der Waals surface area contributed by atoms with Crippen LogP contribution in [0.4, 0.5) is 17.1 Å². The van der Waals surface area contributed by atoms with E-state index in [1.54, 1.807) is 48.5 Å². The second kappa shape index (κ2) is 9.71. The predicted octanol–water partition coefficient (Wildman–Crippen LogP) is 3.52. The number of nitro groups is 2. The summed E-state index contributed by atoms with van der Waals surface area (Å²) < 4.78 is 0. The third-order valence-electron chi connectivity index (χ3n) is 4.25. The van der Waals surface area contributed by atoms with Crippen LogP contribution < -0.4 is 10.7 Å². The number of hydrogen-bond donors (Lipinski definition) is 2. The first-order chi connectivity index (χ1) is 15.4. The van der Waals surface area contributed by atoms with Crippen LogP contribution in [0, 0.1) is 20.2 Å². The predicted molar refractivity (Wildman–Crippen MR) is 116 cm³/mol. The number of benzene rings is 3. The summed E-state index contributed by atoms with van der Waals surface area (Å²) in [5.41, 5.74) is 1.99. The van der Waals surface area contributed by atoms with Crippen LogP contribution in [-0.2, 0) is 0 Å². The molecule has 0 unspecified atom stereocenters. The zero-order valence-electron chi connectivity index (χ0n) is 16.3. The normalized spacial score (nSPS) is 10.5. The first-order valence-electron chi connectivity index (χ1n) is 9.08. The molecule has 0 aliphatic rings. The molecule has 0 heterocycles. The monoisotopic (exact) mass is 433 g/mol. The molecule has 0 bridgehead atoms. The summed E-state index contributed by atoms with van der Waals surface area (Å²) in [6.45, 7) is 0. The number of non-ortho nitro benzene ring substituents is 1.